The topological polar surface area (TPSA) is 27.9 Å². The minimum Gasteiger partial charge on any atom is -0.456 e. The van der Waals surface area contributed by atoms with Gasteiger partial charge in [0.05, 0.1) is 33.1 Å². The molecule has 0 aliphatic rings. The smallest absolute Gasteiger partial charge is 0.136 e. The molecule has 0 saturated heterocycles. The van der Waals surface area contributed by atoms with Crippen LogP contribution in [0.4, 0.5) is 0 Å². The number of hydrogen-bond donors (Lipinski definition) is 0. The fraction of sp³-hybridized carbons (Fsp3) is 0.273. The van der Waals surface area contributed by atoms with E-state index in [-0.39, 0.29) is 0 Å². The highest BCUT2D eigenvalue weighted by Gasteiger charge is 2.32. The molecule has 0 radical (unpaired) electrons. The van der Waals surface area contributed by atoms with Crippen molar-refractivity contribution < 1.29 is 4.42 Å². The second-order valence-corrected chi connectivity index (χ2v) is 14.3. The molecule has 48 heavy (non-hydrogen) atoms. The molecule has 4 aromatic heterocycles. The highest BCUT2D eigenvalue weighted by Crippen LogP contribution is 2.55. The highest BCUT2D eigenvalue weighted by molar-refractivity contribution is 6.50. The van der Waals surface area contributed by atoms with Crippen LogP contribution < -0.4 is 0 Å². The number of aryl methyl sites for hydroxylation is 3. The number of unbranched alkanes of at least 4 members (excludes halogenated alkanes) is 3. The van der Waals surface area contributed by atoms with Crippen molar-refractivity contribution in [2.75, 3.05) is 0 Å². The summed E-state index contributed by atoms with van der Waals surface area (Å²) in [7, 11) is 0. The van der Waals surface area contributed by atoms with Crippen molar-refractivity contribution in [2.45, 2.75) is 78.9 Å². The van der Waals surface area contributed by atoms with E-state index in [1.54, 1.807) is 0 Å². The van der Waals surface area contributed by atoms with Gasteiger partial charge in [0.1, 0.15) is 11.2 Å². The average Bonchev–Trinajstić information content (AvgIpc) is 3.84. The molecule has 0 atom stereocenters. The third-order valence-electron chi connectivity index (χ3n) is 11.7. The molecule has 0 bridgehead atoms. The van der Waals surface area contributed by atoms with E-state index >= 15 is 0 Å². The van der Waals surface area contributed by atoms with Crippen molar-refractivity contribution >= 4 is 109 Å². The van der Waals surface area contributed by atoms with E-state index in [1.807, 2.05) is 0 Å². The number of hydrogen-bond acceptors (Lipinski definition) is 1. The van der Waals surface area contributed by atoms with E-state index in [1.165, 1.54) is 97.7 Å². The maximum absolute atomic E-state index is 6.83. The van der Waals surface area contributed by atoms with Gasteiger partial charge in [0.25, 0.3) is 0 Å². The van der Waals surface area contributed by atoms with Gasteiger partial charge in [-0.25, -0.2) is 0 Å². The third kappa shape index (κ3) is 3.04. The molecule has 4 heterocycles. The Morgan fingerprint density at radius 1 is 0.396 bits per heavy atom. The summed E-state index contributed by atoms with van der Waals surface area (Å²) in [6.07, 6.45) is 6.93. The minimum absolute atomic E-state index is 1.00. The highest BCUT2D eigenvalue weighted by atomic mass is 16.3. The van der Waals surface area contributed by atoms with E-state index < -0.39 is 0 Å². The Bertz CT molecular complexity index is 2820. The summed E-state index contributed by atoms with van der Waals surface area (Å²) in [5.74, 6) is 0. The first-order chi connectivity index (χ1) is 23.8. The molecule has 0 N–H and O–H groups in total. The maximum Gasteiger partial charge on any atom is 0.136 e. The predicted molar refractivity (Wildman–Crippen MR) is 206 cm³/mol. The van der Waals surface area contributed by atoms with Gasteiger partial charge in [0, 0.05) is 84.3 Å². The zero-order valence-corrected chi connectivity index (χ0v) is 28.0. The SMILES string of the molecule is CCCCn1c2ccc3oc4ccc5c6c4c3c2c2c3c4c6c(c6ccccc6c4n(CCCC)c3c3ccccc3c21)n5CCCC. The van der Waals surface area contributed by atoms with Crippen LogP contribution in [0.1, 0.15) is 59.3 Å². The normalized spacial score (nSPS) is 13.2. The Kier molecular flexibility index (Phi) is 5.39. The number of benzene rings is 6. The molecule has 0 saturated carbocycles. The van der Waals surface area contributed by atoms with Crippen molar-refractivity contribution in [1.29, 1.82) is 0 Å². The Morgan fingerprint density at radius 3 is 1.15 bits per heavy atom. The van der Waals surface area contributed by atoms with Gasteiger partial charge in [-0.3, -0.25) is 0 Å². The summed E-state index contributed by atoms with van der Waals surface area (Å²) >= 11 is 0. The van der Waals surface area contributed by atoms with Crippen molar-refractivity contribution in [2.24, 2.45) is 0 Å². The van der Waals surface area contributed by atoms with Gasteiger partial charge >= 0.3 is 0 Å². The lowest BCUT2D eigenvalue weighted by molar-refractivity contribution is 0.662. The van der Waals surface area contributed by atoms with E-state index in [0.29, 0.717) is 0 Å². The molecule has 0 amide bonds. The summed E-state index contributed by atoms with van der Waals surface area (Å²) in [6, 6.07) is 27.7. The monoisotopic (exact) mass is 625 g/mol. The molecule has 0 aliphatic carbocycles. The molecule has 4 heteroatoms. The van der Waals surface area contributed by atoms with Gasteiger partial charge in [-0.15, -0.1) is 0 Å². The Morgan fingerprint density at radius 2 is 0.750 bits per heavy atom. The summed E-state index contributed by atoms with van der Waals surface area (Å²) in [5.41, 5.74) is 10.3. The molecule has 0 fully saturated rings. The summed E-state index contributed by atoms with van der Waals surface area (Å²) in [6.45, 7) is 9.96. The first-order valence-electron chi connectivity index (χ1n) is 18.3. The lowest BCUT2D eigenvalue weighted by atomic mass is 9.91. The zero-order chi connectivity index (χ0) is 31.8. The maximum atomic E-state index is 6.83. The van der Waals surface area contributed by atoms with E-state index in [0.717, 1.165) is 69.3 Å². The molecule has 0 unspecified atom stereocenters. The van der Waals surface area contributed by atoms with Gasteiger partial charge < -0.3 is 18.1 Å². The molecule has 11 rings (SSSR count). The zero-order valence-electron chi connectivity index (χ0n) is 28.0. The number of rotatable bonds is 9. The lowest BCUT2D eigenvalue weighted by Gasteiger charge is -2.13. The van der Waals surface area contributed by atoms with E-state index in [2.05, 4.69) is 107 Å². The largest absolute Gasteiger partial charge is 0.456 e. The van der Waals surface area contributed by atoms with Crippen LogP contribution in [0, 0.1) is 0 Å². The van der Waals surface area contributed by atoms with Gasteiger partial charge in [-0.2, -0.15) is 0 Å². The molecule has 0 spiro atoms. The standard InChI is InChI=1S/C44H39N3O/c1-4-7-22-45-29-18-20-31-35-33(29)37-39-40-38-34-30(19-21-32(48-31)36(34)35)46(23-8-5-2)42(38)26-15-11-13-17-28(26)44(40)47(24-9-6-3)43(39)27-16-12-10-14-25(27)41(37)45/h10-21H,4-9,22-24H2,1-3H3. The molecule has 11 aromatic rings. The van der Waals surface area contributed by atoms with Crippen LogP contribution in [0.2, 0.25) is 0 Å². The van der Waals surface area contributed by atoms with Crippen molar-refractivity contribution in [3.8, 4) is 0 Å². The molecular weight excluding hydrogens is 587 g/mol. The average molecular weight is 626 g/mol. The fourth-order valence-corrected chi connectivity index (χ4v) is 9.78. The van der Waals surface area contributed by atoms with Crippen LogP contribution in [-0.4, -0.2) is 13.7 Å². The molecule has 0 aliphatic heterocycles. The summed E-state index contributed by atoms with van der Waals surface area (Å²) in [5, 5.41) is 16.5. The van der Waals surface area contributed by atoms with E-state index in [9.17, 15) is 0 Å². The van der Waals surface area contributed by atoms with Crippen LogP contribution in [0.5, 0.6) is 0 Å². The third-order valence-corrected chi connectivity index (χ3v) is 11.7. The number of nitrogens with zero attached hydrogens (tertiary/aromatic N) is 3. The molecule has 236 valence electrons. The van der Waals surface area contributed by atoms with Gasteiger partial charge in [0.15, 0.2) is 0 Å². The Balaban J connectivity index is 1.59. The van der Waals surface area contributed by atoms with Gasteiger partial charge in [0.2, 0.25) is 0 Å². The van der Waals surface area contributed by atoms with Crippen LogP contribution >= 0.6 is 0 Å². The number of furan rings is 1. The van der Waals surface area contributed by atoms with Crippen LogP contribution in [0.3, 0.4) is 0 Å². The Labute approximate surface area is 278 Å². The van der Waals surface area contributed by atoms with E-state index in [4.69, 9.17) is 4.42 Å². The Hall–Kier alpha value is -4.96. The van der Waals surface area contributed by atoms with Gasteiger partial charge in [-0.1, -0.05) is 88.6 Å². The van der Waals surface area contributed by atoms with Crippen molar-refractivity contribution in [3.05, 3.63) is 72.8 Å². The number of fused-ring (bicyclic) bond motifs is 6. The predicted octanol–water partition coefficient (Wildman–Crippen LogP) is 12.9. The lowest BCUT2D eigenvalue weighted by Crippen LogP contribution is -2.00. The molecule has 4 nitrogen and oxygen atoms in total. The number of aromatic nitrogens is 3. The second kappa shape index (κ2) is 9.56. The van der Waals surface area contributed by atoms with Crippen LogP contribution in [0.25, 0.3) is 109 Å². The first-order valence-corrected chi connectivity index (χ1v) is 18.3. The van der Waals surface area contributed by atoms with Gasteiger partial charge in [-0.05, 0) is 43.5 Å². The molecular formula is C44H39N3O. The fourth-order valence-electron chi connectivity index (χ4n) is 9.78. The van der Waals surface area contributed by atoms with Crippen molar-refractivity contribution in [1.82, 2.24) is 13.7 Å². The summed E-state index contributed by atoms with van der Waals surface area (Å²) < 4.78 is 14.9. The second-order valence-electron chi connectivity index (χ2n) is 14.3. The first kappa shape index (κ1) is 27.0. The quantitative estimate of drug-likeness (QED) is 0.157. The minimum atomic E-state index is 1.00. The van der Waals surface area contributed by atoms with Crippen LogP contribution in [0.15, 0.2) is 77.2 Å². The van der Waals surface area contributed by atoms with Crippen molar-refractivity contribution in [3.63, 3.8) is 0 Å². The summed E-state index contributed by atoms with van der Waals surface area (Å²) in [4.78, 5) is 0. The van der Waals surface area contributed by atoms with Crippen LogP contribution in [-0.2, 0) is 19.6 Å². The molecule has 7 aromatic carbocycles.